The number of aliphatic hydroxyl groups is 1. The van der Waals surface area contributed by atoms with Crippen molar-refractivity contribution in [3.63, 3.8) is 0 Å². The van der Waals surface area contributed by atoms with Gasteiger partial charge in [0.05, 0.1) is 12.8 Å². The van der Waals surface area contributed by atoms with Crippen LogP contribution in [0.25, 0.3) is 20.5 Å². The summed E-state index contributed by atoms with van der Waals surface area (Å²) in [6.07, 6.45) is 3.52. The molecule has 0 saturated heterocycles. The first-order valence-corrected chi connectivity index (χ1v) is 6.27. The van der Waals surface area contributed by atoms with Crippen molar-refractivity contribution in [1.82, 2.24) is 15.2 Å². The average Bonchev–Trinajstić information content (AvgIpc) is 3.00. The van der Waals surface area contributed by atoms with Crippen molar-refractivity contribution in [2.45, 2.75) is 13.5 Å². The van der Waals surface area contributed by atoms with Gasteiger partial charge in [0.1, 0.15) is 4.70 Å². The Balaban J connectivity index is 2.33. The minimum absolute atomic E-state index is 0.153. The van der Waals surface area contributed by atoms with Gasteiger partial charge in [0, 0.05) is 27.7 Å². The van der Waals surface area contributed by atoms with Crippen LogP contribution in [-0.2, 0) is 6.61 Å². The van der Waals surface area contributed by atoms with E-state index < -0.39 is 0 Å². The van der Waals surface area contributed by atoms with E-state index in [1.54, 1.807) is 12.4 Å². The van der Waals surface area contributed by atoms with E-state index >= 15 is 0 Å². The molecular weight excluding hydrogens is 250 g/mol. The van der Waals surface area contributed by atoms with Gasteiger partial charge in [-0.15, -0.1) is 11.3 Å². The molecule has 0 aromatic carbocycles. The third kappa shape index (κ3) is 1.58. The number of pyridine rings is 1. The molecule has 0 amide bonds. The Morgan fingerprint density at radius 3 is 3.00 bits per heavy atom. The number of aliphatic hydroxyl groups excluding tert-OH is 1. The normalized spacial score (nSPS) is 11.2. The van der Waals surface area contributed by atoms with E-state index in [0.29, 0.717) is 10.4 Å². The number of aromatic nitrogens is 3. The summed E-state index contributed by atoms with van der Waals surface area (Å²) in [6.45, 7) is 1.74. The van der Waals surface area contributed by atoms with Gasteiger partial charge in [-0.3, -0.25) is 9.89 Å². The molecule has 5 nitrogen and oxygen atoms in total. The van der Waals surface area contributed by atoms with Crippen LogP contribution in [0.5, 0.6) is 0 Å². The van der Waals surface area contributed by atoms with Gasteiger partial charge >= 0.3 is 0 Å². The van der Waals surface area contributed by atoms with Crippen LogP contribution in [0.4, 0.5) is 0 Å². The molecule has 3 heterocycles. The lowest BCUT2D eigenvalue weighted by atomic mass is 10.1. The quantitative estimate of drug-likeness (QED) is 0.657. The Kier molecular flexibility index (Phi) is 2.53. The third-order valence-corrected chi connectivity index (χ3v) is 4.18. The van der Waals surface area contributed by atoms with Crippen LogP contribution < -0.4 is 5.56 Å². The number of rotatable bonds is 2. The maximum atomic E-state index is 11.9. The highest BCUT2D eigenvalue weighted by atomic mass is 32.1. The van der Waals surface area contributed by atoms with Gasteiger partial charge in [0.2, 0.25) is 0 Å². The lowest BCUT2D eigenvalue weighted by Crippen LogP contribution is -2.09. The highest BCUT2D eigenvalue weighted by Gasteiger charge is 2.12. The summed E-state index contributed by atoms with van der Waals surface area (Å²) in [5.41, 5.74) is 2.29. The number of nitrogens with one attached hydrogen (secondary N) is 2. The van der Waals surface area contributed by atoms with Crippen LogP contribution in [0.1, 0.15) is 11.3 Å². The number of H-pyrrole nitrogens is 2. The van der Waals surface area contributed by atoms with Crippen molar-refractivity contribution >= 4 is 21.4 Å². The zero-order valence-corrected chi connectivity index (χ0v) is 10.5. The molecule has 92 valence electrons. The Bertz CT molecular complexity index is 756. The van der Waals surface area contributed by atoms with E-state index in [0.717, 1.165) is 21.4 Å². The van der Waals surface area contributed by atoms with Gasteiger partial charge in [-0.25, -0.2) is 0 Å². The molecule has 0 atom stereocenters. The molecule has 6 heteroatoms. The zero-order chi connectivity index (χ0) is 12.7. The monoisotopic (exact) mass is 261 g/mol. The van der Waals surface area contributed by atoms with Crippen molar-refractivity contribution in [2.75, 3.05) is 0 Å². The number of fused-ring (bicyclic) bond motifs is 1. The molecular formula is C12H11N3O2S. The molecule has 3 aromatic rings. The summed E-state index contributed by atoms with van der Waals surface area (Å²) in [5, 5.41) is 16.8. The fraction of sp³-hybridized carbons (Fsp3) is 0.167. The first kappa shape index (κ1) is 11.2. The van der Waals surface area contributed by atoms with Crippen LogP contribution in [-0.4, -0.2) is 20.3 Å². The number of nitrogens with zero attached hydrogens (tertiary/aromatic N) is 1. The second-order valence-corrected chi connectivity index (χ2v) is 5.11. The van der Waals surface area contributed by atoms with E-state index in [1.165, 1.54) is 11.3 Å². The Hall–Kier alpha value is -1.92. The molecule has 0 radical (unpaired) electrons. The topological polar surface area (TPSA) is 81.8 Å². The first-order valence-electron chi connectivity index (χ1n) is 5.46. The lowest BCUT2D eigenvalue weighted by Gasteiger charge is -2.02. The molecule has 0 fully saturated rings. The van der Waals surface area contributed by atoms with E-state index in [-0.39, 0.29) is 12.2 Å². The number of aromatic amines is 2. The Labute approximate surface area is 106 Å². The van der Waals surface area contributed by atoms with Gasteiger partial charge in [-0.05, 0) is 18.6 Å². The van der Waals surface area contributed by atoms with Crippen molar-refractivity contribution < 1.29 is 5.11 Å². The molecule has 0 unspecified atom stereocenters. The molecule has 3 rings (SSSR count). The molecule has 3 N–H and O–H groups in total. The number of hydrogen-bond acceptors (Lipinski definition) is 4. The zero-order valence-electron chi connectivity index (χ0n) is 9.65. The van der Waals surface area contributed by atoms with E-state index in [9.17, 15) is 9.90 Å². The highest BCUT2D eigenvalue weighted by Crippen LogP contribution is 2.33. The van der Waals surface area contributed by atoms with Crippen molar-refractivity contribution in [3.8, 4) is 10.4 Å². The molecule has 0 aliphatic rings. The van der Waals surface area contributed by atoms with Gasteiger partial charge in [0.15, 0.2) is 0 Å². The van der Waals surface area contributed by atoms with Crippen molar-refractivity contribution in [2.24, 2.45) is 0 Å². The minimum Gasteiger partial charge on any atom is -0.390 e. The minimum atomic E-state index is -0.159. The molecule has 0 bridgehead atoms. The lowest BCUT2D eigenvalue weighted by molar-refractivity contribution is 0.276. The Morgan fingerprint density at radius 1 is 1.50 bits per heavy atom. The predicted molar refractivity (Wildman–Crippen MR) is 70.7 cm³/mol. The molecule has 0 aliphatic carbocycles. The maximum absolute atomic E-state index is 11.9. The van der Waals surface area contributed by atoms with Crippen LogP contribution in [0.2, 0.25) is 0 Å². The second kappa shape index (κ2) is 4.08. The third-order valence-electron chi connectivity index (χ3n) is 3.00. The molecule has 0 saturated carbocycles. The van der Waals surface area contributed by atoms with Crippen LogP contribution in [0.15, 0.2) is 23.3 Å². The standard InChI is InChI=1S/C12H11N3O2S/c1-6-8-2-10(7-3-13-14-4-7)18-11(8)12(17)15-9(6)5-16/h2-4,16H,5H2,1H3,(H,13,14)(H,15,17). The van der Waals surface area contributed by atoms with E-state index in [1.807, 2.05) is 13.0 Å². The van der Waals surface area contributed by atoms with Gasteiger partial charge in [-0.1, -0.05) is 0 Å². The smallest absolute Gasteiger partial charge is 0.266 e. The molecule has 0 aliphatic heterocycles. The predicted octanol–water partition coefficient (Wildman–Crippen LogP) is 1.78. The summed E-state index contributed by atoms with van der Waals surface area (Å²) in [5.74, 6) is 0. The number of aryl methyl sites for hydroxylation is 1. The summed E-state index contributed by atoms with van der Waals surface area (Å²) in [6, 6.07) is 1.97. The Morgan fingerprint density at radius 2 is 2.33 bits per heavy atom. The summed E-state index contributed by atoms with van der Waals surface area (Å²) < 4.78 is 0.681. The van der Waals surface area contributed by atoms with Gasteiger partial charge in [0.25, 0.3) is 5.56 Å². The maximum Gasteiger partial charge on any atom is 0.266 e. The van der Waals surface area contributed by atoms with Gasteiger partial charge < -0.3 is 10.1 Å². The molecule has 18 heavy (non-hydrogen) atoms. The largest absolute Gasteiger partial charge is 0.390 e. The fourth-order valence-corrected chi connectivity index (χ4v) is 3.07. The van der Waals surface area contributed by atoms with Gasteiger partial charge in [-0.2, -0.15) is 5.10 Å². The first-order chi connectivity index (χ1) is 8.70. The van der Waals surface area contributed by atoms with Crippen LogP contribution >= 0.6 is 11.3 Å². The summed E-state index contributed by atoms with van der Waals surface area (Å²) >= 11 is 1.43. The van der Waals surface area contributed by atoms with Crippen LogP contribution in [0.3, 0.4) is 0 Å². The number of hydrogen-bond donors (Lipinski definition) is 3. The van der Waals surface area contributed by atoms with E-state index in [4.69, 9.17) is 0 Å². The van der Waals surface area contributed by atoms with Crippen molar-refractivity contribution in [1.29, 1.82) is 0 Å². The van der Waals surface area contributed by atoms with Crippen LogP contribution in [0, 0.1) is 6.92 Å². The SMILES string of the molecule is Cc1c(CO)[nH]c(=O)c2sc(-c3cn[nH]c3)cc12. The van der Waals surface area contributed by atoms with Crippen molar-refractivity contribution in [3.05, 3.63) is 40.1 Å². The molecule has 3 aromatic heterocycles. The fourth-order valence-electron chi connectivity index (χ4n) is 1.97. The average molecular weight is 261 g/mol. The van der Waals surface area contributed by atoms with E-state index in [2.05, 4.69) is 15.2 Å². The second-order valence-electron chi connectivity index (χ2n) is 4.06. The molecule has 0 spiro atoms. The number of thiophene rings is 1. The summed E-state index contributed by atoms with van der Waals surface area (Å²) in [4.78, 5) is 15.6. The highest BCUT2D eigenvalue weighted by molar-refractivity contribution is 7.22. The summed E-state index contributed by atoms with van der Waals surface area (Å²) in [7, 11) is 0.